The molecule has 0 radical (unpaired) electrons. The first-order chi connectivity index (χ1) is 13.6. The van der Waals surface area contributed by atoms with E-state index in [1.165, 1.54) is 42.4 Å². The number of carbonyl (C=O) groups excluding carboxylic acids is 1. The molecule has 2 aliphatic rings. The predicted octanol–water partition coefficient (Wildman–Crippen LogP) is 6.04. The second-order valence-corrected chi connectivity index (χ2v) is 8.57. The maximum absolute atomic E-state index is 12.6. The molecular weight excluding hydrogens is 346 g/mol. The molecule has 0 spiro atoms. The summed E-state index contributed by atoms with van der Waals surface area (Å²) in [6, 6.07) is 16.7. The lowest BCUT2D eigenvalue weighted by atomic mass is 9.88. The minimum absolute atomic E-state index is 0.337. The Bertz CT molecular complexity index is 772. The number of carbonyl (C=O) groups is 1. The minimum Gasteiger partial charge on any atom is -0.410 e. The van der Waals surface area contributed by atoms with Crippen molar-refractivity contribution in [3.8, 4) is 5.75 Å². The fourth-order valence-electron chi connectivity index (χ4n) is 4.19. The summed E-state index contributed by atoms with van der Waals surface area (Å²) in [4.78, 5) is 12.6. The van der Waals surface area contributed by atoms with E-state index in [1.54, 1.807) is 0 Å². The highest BCUT2D eigenvalue weighted by atomic mass is 16.6. The summed E-state index contributed by atoms with van der Waals surface area (Å²) in [5, 5.41) is 2.94. The second-order valence-electron chi connectivity index (χ2n) is 8.57. The molecule has 2 aromatic carbocycles. The maximum Gasteiger partial charge on any atom is 0.412 e. The van der Waals surface area contributed by atoms with Gasteiger partial charge in [0.1, 0.15) is 5.75 Å². The van der Waals surface area contributed by atoms with Gasteiger partial charge in [0.2, 0.25) is 0 Å². The van der Waals surface area contributed by atoms with Gasteiger partial charge in [0.15, 0.2) is 0 Å². The normalized spacial score (nSPS) is 18.4. The van der Waals surface area contributed by atoms with E-state index in [-0.39, 0.29) is 6.09 Å². The fraction of sp³-hybridized carbons (Fsp3) is 0.480. The molecule has 2 saturated carbocycles. The average molecular weight is 378 g/mol. The summed E-state index contributed by atoms with van der Waals surface area (Å²) in [5.74, 6) is 3.17. The topological polar surface area (TPSA) is 38.3 Å². The predicted molar refractivity (Wildman–Crippen MR) is 113 cm³/mol. The van der Waals surface area contributed by atoms with E-state index in [9.17, 15) is 4.79 Å². The van der Waals surface area contributed by atoms with Crippen LogP contribution in [0.1, 0.15) is 68.1 Å². The van der Waals surface area contributed by atoms with Crippen LogP contribution in [-0.2, 0) is 6.42 Å². The van der Waals surface area contributed by atoms with Crippen LogP contribution < -0.4 is 10.1 Å². The molecule has 3 heteroatoms. The van der Waals surface area contributed by atoms with Crippen molar-refractivity contribution in [2.24, 2.45) is 11.8 Å². The molecule has 0 aliphatic heterocycles. The molecule has 0 saturated heterocycles. The Morgan fingerprint density at radius 2 is 1.50 bits per heavy atom. The molecule has 2 fully saturated rings. The molecule has 0 unspecified atom stereocenters. The number of hydrogen-bond acceptors (Lipinski definition) is 2. The lowest BCUT2D eigenvalue weighted by molar-refractivity contribution is 0.199. The Morgan fingerprint density at radius 3 is 2.04 bits per heavy atom. The number of rotatable bonds is 8. The summed E-state index contributed by atoms with van der Waals surface area (Å²) >= 11 is 0. The second kappa shape index (κ2) is 8.38. The lowest BCUT2D eigenvalue weighted by Crippen LogP contribution is -2.29. The zero-order valence-electron chi connectivity index (χ0n) is 17.0. The third-order valence-corrected chi connectivity index (χ3v) is 6.44. The molecule has 2 atom stereocenters. The van der Waals surface area contributed by atoms with Crippen LogP contribution in [0.3, 0.4) is 0 Å². The van der Waals surface area contributed by atoms with Crippen LogP contribution in [-0.4, -0.2) is 12.6 Å². The highest BCUT2D eigenvalue weighted by molar-refractivity contribution is 5.72. The smallest absolute Gasteiger partial charge is 0.410 e. The number of benzene rings is 2. The van der Waals surface area contributed by atoms with Gasteiger partial charge in [-0.1, -0.05) is 62.4 Å². The van der Waals surface area contributed by atoms with E-state index >= 15 is 0 Å². The third kappa shape index (κ3) is 4.57. The van der Waals surface area contributed by atoms with Gasteiger partial charge in [0, 0.05) is 6.54 Å². The first-order valence-corrected chi connectivity index (χ1v) is 10.8. The van der Waals surface area contributed by atoms with Crippen LogP contribution >= 0.6 is 0 Å². The molecule has 148 valence electrons. The molecule has 1 N–H and O–H groups in total. The highest BCUT2D eigenvalue weighted by Crippen LogP contribution is 2.49. The van der Waals surface area contributed by atoms with Gasteiger partial charge in [-0.25, -0.2) is 4.79 Å². The Balaban J connectivity index is 1.47. The van der Waals surface area contributed by atoms with E-state index in [1.807, 2.05) is 18.2 Å². The Labute approximate surface area is 168 Å². The van der Waals surface area contributed by atoms with Gasteiger partial charge in [0.25, 0.3) is 0 Å². The number of amides is 1. The Kier molecular flexibility index (Phi) is 5.70. The number of ether oxygens (including phenoxy) is 1. The van der Waals surface area contributed by atoms with Crippen molar-refractivity contribution < 1.29 is 9.53 Å². The molecule has 28 heavy (non-hydrogen) atoms. The summed E-state index contributed by atoms with van der Waals surface area (Å²) in [5.41, 5.74) is 3.62. The summed E-state index contributed by atoms with van der Waals surface area (Å²) in [6.07, 6.45) is 5.61. The molecule has 2 aliphatic carbocycles. The number of para-hydroxylation sites is 1. The van der Waals surface area contributed by atoms with Crippen LogP contribution in [0, 0.1) is 11.8 Å². The van der Waals surface area contributed by atoms with Crippen molar-refractivity contribution in [2.45, 2.75) is 57.8 Å². The van der Waals surface area contributed by atoms with Crippen molar-refractivity contribution in [1.29, 1.82) is 0 Å². The van der Waals surface area contributed by atoms with Gasteiger partial charge >= 0.3 is 6.09 Å². The van der Waals surface area contributed by atoms with Gasteiger partial charge in [0.05, 0.1) is 0 Å². The SMILES string of the molecule is C[C@@H](c1cccc([C@H](C)C2CC2)c1OC(=O)NCCc1ccccc1)C1CC1. The number of nitrogens with one attached hydrogen (secondary N) is 1. The summed E-state index contributed by atoms with van der Waals surface area (Å²) < 4.78 is 5.96. The molecular formula is C25H31NO2. The maximum atomic E-state index is 12.6. The first-order valence-electron chi connectivity index (χ1n) is 10.8. The molecule has 0 heterocycles. The van der Waals surface area contributed by atoms with E-state index in [4.69, 9.17) is 4.74 Å². The molecule has 1 amide bonds. The van der Waals surface area contributed by atoms with Gasteiger partial charge in [-0.15, -0.1) is 0 Å². The molecule has 3 nitrogen and oxygen atoms in total. The molecule has 0 aromatic heterocycles. The van der Waals surface area contributed by atoms with Crippen LogP contribution in [0.15, 0.2) is 48.5 Å². The van der Waals surface area contributed by atoms with Crippen molar-refractivity contribution in [2.75, 3.05) is 6.54 Å². The average Bonchev–Trinajstić information content (AvgIpc) is 3.60. The lowest BCUT2D eigenvalue weighted by Gasteiger charge is -2.22. The quantitative estimate of drug-likeness (QED) is 0.608. The van der Waals surface area contributed by atoms with Gasteiger partial charge in [-0.05, 0) is 72.5 Å². The molecule has 0 bridgehead atoms. The van der Waals surface area contributed by atoms with Gasteiger partial charge in [-0.2, -0.15) is 0 Å². The van der Waals surface area contributed by atoms with Crippen molar-refractivity contribution >= 4 is 6.09 Å². The van der Waals surface area contributed by atoms with Crippen molar-refractivity contribution in [3.63, 3.8) is 0 Å². The van der Waals surface area contributed by atoms with Crippen molar-refractivity contribution in [1.82, 2.24) is 5.32 Å². The molecule has 4 rings (SSSR count). The zero-order chi connectivity index (χ0) is 19.5. The highest BCUT2D eigenvalue weighted by Gasteiger charge is 2.35. The Morgan fingerprint density at radius 1 is 0.929 bits per heavy atom. The third-order valence-electron chi connectivity index (χ3n) is 6.44. The fourth-order valence-corrected chi connectivity index (χ4v) is 4.19. The van der Waals surface area contributed by atoms with Gasteiger partial charge < -0.3 is 10.1 Å². The monoisotopic (exact) mass is 377 g/mol. The minimum atomic E-state index is -0.337. The van der Waals surface area contributed by atoms with Crippen LogP contribution in [0.5, 0.6) is 5.75 Å². The first kappa shape index (κ1) is 19.0. The van der Waals surface area contributed by atoms with E-state index < -0.39 is 0 Å². The standard InChI is InChI=1S/C25H31NO2/c1-17(20-11-12-20)22-9-6-10-23(18(2)21-13-14-21)24(22)28-25(27)26-16-15-19-7-4-3-5-8-19/h3-10,17-18,20-21H,11-16H2,1-2H3,(H,26,27)/t17-,18-/m1/s1. The molecule has 2 aromatic rings. The van der Waals surface area contributed by atoms with Crippen LogP contribution in [0.25, 0.3) is 0 Å². The summed E-state index contributed by atoms with van der Waals surface area (Å²) in [7, 11) is 0. The van der Waals surface area contributed by atoms with Crippen LogP contribution in [0.2, 0.25) is 0 Å². The summed E-state index contributed by atoms with van der Waals surface area (Å²) in [6.45, 7) is 5.13. The largest absolute Gasteiger partial charge is 0.412 e. The van der Waals surface area contributed by atoms with E-state index in [0.29, 0.717) is 18.4 Å². The van der Waals surface area contributed by atoms with Gasteiger partial charge in [-0.3, -0.25) is 0 Å². The zero-order valence-corrected chi connectivity index (χ0v) is 17.0. The van der Waals surface area contributed by atoms with E-state index in [2.05, 4.69) is 49.5 Å². The van der Waals surface area contributed by atoms with Crippen LogP contribution in [0.4, 0.5) is 4.79 Å². The Hall–Kier alpha value is -2.29. The van der Waals surface area contributed by atoms with E-state index in [0.717, 1.165) is 24.0 Å². The number of hydrogen-bond donors (Lipinski definition) is 1. The van der Waals surface area contributed by atoms with Crippen molar-refractivity contribution in [3.05, 3.63) is 65.2 Å².